The van der Waals surface area contributed by atoms with Crippen molar-refractivity contribution in [2.24, 2.45) is 23.5 Å². The molecule has 0 radical (unpaired) electrons. The van der Waals surface area contributed by atoms with Crippen molar-refractivity contribution < 1.29 is 9.47 Å². The number of aliphatic imine (C=N–C) groups is 1. The molecule has 3 heterocycles. The fraction of sp³-hybridized carbons (Fsp3) is 0.348. The summed E-state index contributed by atoms with van der Waals surface area (Å²) in [5, 5.41) is 4.37. The van der Waals surface area contributed by atoms with Gasteiger partial charge in [0.1, 0.15) is 17.9 Å². The van der Waals surface area contributed by atoms with Crippen molar-refractivity contribution in [2.75, 3.05) is 25.7 Å². The number of ether oxygens (including phenoxy) is 2. The molecule has 1 aromatic carbocycles. The molecule has 2 aliphatic rings. The molecule has 174 valence electrons. The standard InChI is InChI=1S/C23H30N8O2/c1-14-9-16-11-26-22(25)31(19(16)20(24)30(14)12-23(2,3)33-6)17-8-7-15(10-18(17)32-5)21-27-13-29(4)28-21/h7-11,13H,12,24H2,1-6H3,(H2,25,26). The van der Waals surface area contributed by atoms with E-state index in [1.165, 1.54) is 0 Å². The van der Waals surface area contributed by atoms with E-state index in [1.807, 2.05) is 61.9 Å². The first kappa shape index (κ1) is 22.4. The number of guanidine groups is 1. The van der Waals surface area contributed by atoms with Crippen molar-refractivity contribution in [1.29, 1.82) is 0 Å². The van der Waals surface area contributed by atoms with Crippen LogP contribution in [0.4, 0.5) is 5.69 Å². The highest BCUT2D eigenvalue weighted by atomic mass is 16.5. The Morgan fingerprint density at radius 2 is 1.91 bits per heavy atom. The van der Waals surface area contributed by atoms with E-state index >= 15 is 0 Å². The van der Waals surface area contributed by atoms with Crippen LogP contribution in [-0.4, -0.2) is 52.0 Å². The molecule has 2 aliphatic heterocycles. The molecule has 0 spiro atoms. The van der Waals surface area contributed by atoms with Gasteiger partial charge in [-0.1, -0.05) is 0 Å². The number of rotatable bonds is 6. The Balaban J connectivity index is 1.81. The zero-order valence-electron chi connectivity index (χ0n) is 19.8. The molecular formula is C23H30N8O2. The molecular weight excluding hydrogens is 420 g/mol. The van der Waals surface area contributed by atoms with E-state index in [0.29, 0.717) is 29.6 Å². The summed E-state index contributed by atoms with van der Waals surface area (Å²) < 4.78 is 13.0. The quantitative estimate of drug-likeness (QED) is 0.688. The van der Waals surface area contributed by atoms with Crippen molar-refractivity contribution in [1.82, 2.24) is 19.7 Å². The summed E-state index contributed by atoms with van der Waals surface area (Å²) in [4.78, 5) is 12.6. The predicted octanol–water partition coefficient (Wildman–Crippen LogP) is 2.28. The van der Waals surface area contributed by atoms with Crippen LogP contribution in [-0.2, 0) is 11.8 Å². The summed E-state index contributed by atoms with van der Waals surface area (Å²) in [5.74, 6) is 2.04. The van der Waals surface area contributed by atoms with Crippen molar-refractivity contribution in [3.05, 3.63) is 59.6 Å². The number of nitrogens with two attached hydrogens (primary N) is 2. The lowest BCUT2D eigenvalue weighted by atomic mass is 10.0. The Bertz CT molecular complexity index is 1200. The first-order valence-corrected chi connectivity index (χ1v) is 10.5. The molecule has 0 amide bonds. The summed E-state index contributed by atoms with van der Waals surface area (Å²) in [5.41, 5.74) is 16.8. The largest absolute Gasteiger partial charge is 0.495 e. The SMILES string of the molecule is COc1cc(-c2ncn(C)n2)ccc1N1C(N)=NC=C2C=C(C)N(CC(C)(C)OC)C(N)=C21. The lowest BCUT2D eigenvalue weighted by molar-refractivity contribution is 0.00493. The molecule has 4 rings (SSSR count). The molecule has 2 aromatic rings. The summed E-state index contributed by atoms with van der Waals surface area (Å²) in [6.45, 7) is 6.62. The van der Waals surface area contributed by atoms with Gasteiger partial charge in [0.15, 0.2) is 5.82 Å². The van der Waals surface area contributed by atoms with Crippen LogP contribution in [0.3, 0.4) is 0 Å². The number of benzene rings is 1. The smallest absolute Gasteiger partial charge is 0.205 e. The number of methoxy groups -OCH3 is 2. The summed E-state index contributed by atoms with van der Waals surface area (Å²) in [6.07, 6.45) is 5.42. The number of fused-ring (bicyclic) bond motifs is 1. The van der Waals surface area contributed by atoms with Crippen LogP contribution in [0.25, 0.3) is 11.4 Å². The van der Waals surface area contributed by atoms with Crippen LogP contribution in [0.2, 0.25) is 0 Å². The maximum atomic E-state index is 6.74. The van der Waals surface area contributed by atoms with Crippen molar-refractivity contribution in [2.45, 2.75) is 26.4 Å². The van der Waals surface area contributed by atoms with Crippen LogP contribution >= 0.6 is 0 Å². The number of aryl methyl sites for hydroxylation is 1. The second-order valence-electron chi connectivity index (χ2n) is 8.61. The van der Waals surface area contributed by atoms with E-state index in [2.05, 4.69) is 15.1 Å². The highest BCUT2D eigenvalue weighted by Gasteiger charge is 2.34. The van der Waals surface area contributed by atoms with Crippen molar-refractivity contribution in [3.63, 3.8) is 0 Å². The number of allylic oxidation sites excluding steroid dienone is 2. The summed E-state index contributed by atoms with van der Waals surface area (Å²) in [7, 11) is 5.13. The minimum atomic E-state index is -0.407. The maximum Gasteiger partial charge on any atom is 0.205 e. The van der Waals surface area contributed by atoms with Crippen LogP contribution in [0.5, 0.6) is 5.75 Å². The van der Waals surface area contributed by atoms with Crippen LogP contribution in [0, 0.1) is 0 Å². The number of nitrogens with zero attached hydrogens (tertiary/aromatic N) is 6. The molecule has 1 aromatic heterocycles. The lowest BCUT2D eigenvalue weighted by Gasteiger charge is -2.40. The highest BCUT2D eigenvalue weighted by Crippen LogP contribution is 2.40. The zero-order valence-corrected chi connectivity index (χ0v) is 19.8. The fourth-order valence-electron chi connectivity index (χ4n) is 3.86. The Labute approximate surface area is 193 Å². The fourth-order valence-corrected chi connectivity index (χ4v) is 3.86. The van der Waals surface area contributed by atoms with E-state index in [-0.39, 0.29) is 5.96 Å². The van der Waals surface area contributed by atoms with E-state index in [4.69, 9.17) is 20.9 Å². The molecule has 0 saturated heterocycles. The predicted molar refractivity (Wildman–Crippen MR) is 128 cm³/mol. The van der Waals surface area contributed by atoms with E-state index in [9.17, 15) is 0 Å². The van der Waals surface area contributed by atoms with Gasteiger partial charge in [-0.3, -0.25) is 9.58 Å². The molecule has 33 heavy (non-hydrogen) atoms. The Morgan fingerprint density at radius 3 is 2.55 bits per heavy atom. The van der Waals surface area contributed by atoms with Gasteiger partial charge >= 0.3 is 0 Å². The van der Waals surface area contributed by atoms with Crippen molar-refractivity contribution >= 4 is 11.6 Å². The molecule has 0 aliphatic carbocycles. The van der Waals surface area contributed by atoms with E-state index in [0.717, 1.165) is 22.5 Å². The van der Waals surface area contributed by atoms with Gasteiger partial charge < -0.3 is 25.8 Å². The summed E-state index contributed by atoms with van der Waals surface area (Å²) >= 11 is 0. The second-order valence-corrected chi connectivity index (χ2v) is 8.61. The van der Waals surface area contributed by atoms with Gasteiger partial charge in [0.05, 0.1) is 30.6 Å². The molecule has 0 atom stereocenters. The van der Waals surface area contributed by atoms with Gasteiger partial charge in [0.2, 0.25) is 5.96 Å². The minimum Gasteiger partial charge on any atom is -0.495 e. The highest BCUT2D eigenvalue weighted by molar-refractivity contribution is 6.02. The average Bonchev–Trinajstić information content (AvgIpc) is 3.23. The molecule has 0 saturated carbocycles. The van der Waals surface area contributed by atoms with E-state index < -0.39 is 5.60 Å². The molecule has 0 fully saturated rings. The molecule has 0 bridgehead atoms. The normalized spacial score (nSPS) is 16.4. The number of anilines is 1. The van der Waals surface area contributed by atoms with Gasteiger partial charge in [-0.05, 0) is 45.0 Å². The van der Waals surface area contributed by atoms with Gasteiger partial charge in [-0.2, -0.15) is 5.10 Å². The Morgan fingerprint density at radius 1 is 1.15 bits per heavy atom. The van der Waals surface area contributed by atoms with Crippen LogP contribution in [0.1, 0.15) is 20.8 Å². The second kappa shape index (κ2) is 8.28. The number of aromatic nitrogens is 3. The third kappa shape index (κ3) is 4.05. The van der Waals surface area contributed by atoms with Crippen molar-refractivity contribution in [3.8, 4) is 17.1 Å². The summed E-state index contributed by atoms with van der Waals surface area (Å²) in [6, 6.07) is 5.71. The molecule has 0 unspecified atom stereocenters. The van der Waals surface area contributed by atoms with Gasteiger partial charge in [0, 0.05) is 37.2 Å². The molecule has 4 N–H and O–H groups in total. The minimum absolute atomic E-state index is 0.289. The third-order valence-electron chi connectivity index (χ3n) is 5.76. The lowest BCUT2D eigenvalue weighted by Crippen LogP contribution is -2.47. The first-order valence-electron chi connectivity index (χ1n) is 10.5. The van der Waals surface area contributed by atoms with Crippen LogP contribution < -0.4 is 21.1 Å². The van der Waals surface area contributed by atoms with E-state index in [1.54, 1.807) is 31.4 Å². The van der Waals surface area contributed by atoms with Gasteiger partial charge in [0.25, 0.3) is 0 Å². The molecule has 10 nitrogen and oxygen atoms in total. The zero-order chi connectivity index (χ0) is 23.9. The Hall–Kier alpha value is -3.79. The monoisotopic (exact) mass is 450 g/mol. The Kier molecular flexibility index (Phi) is 5.62. The maximum absolute atomic E-state index is 6.74. The van der Waals surface area contributed by atoms with Crippen LogP contribution in [0.15, 0.2) is 64.6 Å². The number of hydrogen-bond acceptors (Lipinski definition) is 9. The average molecular weight is 451 g/mol. The first-order chi connectivity index (χ1) is 15.6. The topological polar surface area (TPSA) is 120 Å². The number of hydrogen-bond donors (Lipinski definition) is 2. The van der Waals surface area contributed by atoms with Gasteiger partial charge in [-0.25, -0.2) is 9.98 Å². The third-order valence-corrected chi connectivity index (χ3v) is 5.76. The molecule has 10 heteroatoms. The van der Waals surface area contributed by atoms with Gasteiger partial charge in [-0.15, -0.1) is 0 Å².